The molecule has 1 saturated heterocycles. The van der Waals surface area contributed by atoms with Crippen molar-refractivity contribution in [2.45, 2.75) is 6.92 Å². The van der Waals surface area contributed by atoms with Crippen molar-refractivity contribution < 1.29 is 15.0 Å². The lowest BCUT2D eigenvalue weighted by atomic mass is 9.90. The SMILES string of the molecule is Cc1cccc(N2CC(CO)(CO)C(=O)N2)c1. The number of hydrogen-bond donors (Lipinski definition) is 3. The number of carbonyl (C=O) groups is 1. The minimum atomic E-state index is -1.11. The number of aliphatic hydroxyl groups excluding tert-OH is 2. The molecule has 5 heteroatoms. The van der Waals surface area contributed by atoms with Crippen LogP contribution in [0.5, 0.6) is 0 Å². The summed E-state index contributed by atoms with van der Waals surface area (Å²) in [5, 5.41) is 20.2. The molecule has 5 nitrogen and oxygen atoms in total. The third-order valence-corrected chi connectivity index (χ3v) is 3.10. The van der Waals surface area contributed by atoms with Crippen LogP contribution in [0.4, 0.5) is 5.69 Å². The molecule has 1 amide bonds. The Bertz CT molecular complexity index is 430. The van der Waals surface area contributed by atoms with E-state index in [1.165, 1.54) is 0 Å². The fraction of sp³-hybridized carbons (Fsp3) is 0.417. The molecule has 1 aliphatic heterocycles. The quantitative estimate of drug-likeness (QED) is 0.680. The van der Waals surface area contributed by atoms with Gasteiger partial charge in [0.05, 0.1) is 25.4 Å². The largest absolute Gasteiger partial charge is 0.395 e. The van der Waals surface area contributed by atoms with Crippen LogP contribution >= 0.6 is 0 Å². The smallest absolute Gasteiger partial charge is 0.251 e. The second kappa shape index (κ2) is 4.35. The van der Waals surface area contributed by atoms with Gasteiger partial charge in [0.15, 0.2) is 0 Å². The third-order valence-electron chi connectivity index (χ3n) is 3.10. The number of aliphatic hydroxyl groups is 2. The molecule has 0 saturated carbocycles. The number of nitrogens with zero attached hydrogens (tertiary/aromatic N) is 1. The van der Waals surface area contributed by atoms with Gasteiger partial charge in [0.2, 0.25) is 0 Å². The van der Waals surface area contributed by atoms with Crippen molar-refractivity contribution in [2.24, 2.45) is 5.41 Å². The molecule has 0 spiro atoms. The molecule has 1 aromatic carbocycles. The summed E-state index contributed by atoms with van der Waals surface area (Å²) in [6, 6.07) is 7.67. The molecule has 1 heterocycles. The van der Waals surface area contributed by atoms with Gasteiger partial charge < -0.3 is 10.2 Å². The van der Waals surface area contributed by atoms with Gasteiger partial charge in [-0.05, 0) is 24.6 Å². The Hall–Kier alpha value is -1.59. The molecule has 1 aliphatic rings. The average molecular weight is 236 g/mol. The summed E-state index contributed by atoms with van der Waals surface area (Å²) in [5.74, 6) is -0.344. The van der Waals surface area contributed by atoms with Crippen LogP contribution < -0.4 is 10.4 Å². The van der Waals surface area contributed by atoms with E-state index in [2.05, 4.69) is 5.43 Å². The van der Waals surface area contributed by atoms with Crippen LogP contribution in [0.1, 0.15) is 5.56 Å². The molecule has 92 valence electrons. The van der Waals surface area contributed by atoms with E-state index in [4.69, 9.17) is 0 Å². The summed E-state index contributed by atoms with van der Waals surface area (Å²) in [7, 11) is 0. The van der Waals surface area contributed by atoms with Crippen LogP contribution in [-0.4, -0.2) is 35.9 Å². The predicted molar refractivity (Wildman–Crippen MR) is 63.3 cm³/mol. The van der Waals surface area contributed by atoms with E-state index in [9.17, 15) is 15.0 Å². The maximum Gasteiger partial charge on any atom is 0.251 e. The zero-order valence-electron chi connectivity index (χ0n) is 9.68. The first kappa shape index (κ1) is 11.9. The molecule has 17 heavy (non-hydrogen) atoms. The first-order valence-electron chi connectivity index (χ1n) is 5.48. The van der Waals surface area contributed by atoms with Crippen molar-refractivity contribution in [3.63, 3.8) is 0 Å². The van der Waals surface area contributed by atoms with Gasteiger partial charge in [0.25, 0.3) is 5.91 Å². The van der Waals surface area contributed by atoms with Gasteiger partial charge >= 0.3 is 0 Å². The van der Waals surface area contributed by atoms with Crippen LogP contribution in [0, 0.1) is 12.3 Å². The minimum absolute atomic E-state index is 0.266. The molecule has 0 aromatic heterocycles. The summed E-state index contributed by atoms with van der Waals surface area (Å²) in [5.41, 5.74) is 3.49. The zero-order valence-corrected chi connectivity index (χ0v) is 9.68. The van der Waals surface area contributed by atoms with Crippen LogP contribution in [-0.2, 0) is 4.79 Å². The Balaban J connectivity index is 2.25. The Morgan fingerprint density at radius 2 is 2.12 bits per heavy atom. The summed E-state index contributed by atoms with van der Waals surface area (Å²) >= 11 is 0. The lowest BCUT2D eigenvalue weighted by molar-refractivity contribution is -0.131. The highest BCUT2D eigenvalue weighted by Gasteiger charge is 2.45. The van der Waals surface area contributed by atoms with Crippen LogP contribution in [0.3, 0.4) is 0 Å². The highest BCUT2D eigenvalue weighted by molar-refractivity contribution is 5.88. The van der Waals surface area contributed by atoms with Gasteiger partial charge in [-0.2, -0.15) is 0 Å². The van der Waals surface area contributed by atoms with Crippen molar-refractivity contribution in [1.82, 2.24) is 5.43 Å². The maximum absolute atomic E-state index is 11.8. The van der Waals surface area contributed by atoms with E-state index in [0.29, 0.717) is 0 Å². The van der Waals surface area contributed by atoms with Crippen LogP contribution in [0.2, 0.25) is 0 Å². The fourth-order valence-electron chi connectivity index (χ4n) is 1.90. The summed E-state index contributed by atoms with van der Waals surface area (Å²) in [4.78, 5) is 11.8. The topological polar surface area (TPSA) is 72.8 Å². The van der Waals surface area contributed by atoms with Gasteiger partial charge in [-0.1, -0.05) is 12.1 Å². The molecule has 2 rings (SSSR count). The average Bonchev–Trinajstić information content (AvgIpc) is 2.67. The number of benzene rings is 1. The minimum Gasteiger partial charge on any atom is -0.395 e. The van der Waals surface area contributed by atoms with Crippen molar-refractivity contribution >= 4 is 11.6 Å². The first-order valence-corrected chi connectivity index (χ1v) is 5.48. The summed E-state index contributed by atoms with van der Waals surface area (Å²) in [6.45, 7) is 1.50. The maximum atomic E-state index is 11.8. The van der Waals surface area contributed by atoms with E-state index in [-0.39, 0.29) is 25.7 Å². The van der Waals surface area contributed by atoms with Crippen LogP contribution in [0.15, 0.2) is 24.3 Å². The number of rotatable bonds is 3. The second-order valence-corrected chi connectivity index (χ2v) is 4.46. The third kappa shape index (κ3) is 1.99. The van der Waals surface area contributed by atoms with Gasteiger partial charge in [0.1, 0.15) is 5.41 Å². The number of aryl methyl sites for hydroxylation is 1. The Kier molecular flexibility index (Phi) is 3.04. The molecular formula is C12H16N2O3. The Morgan fingerprint density at radius 1 is 1.41 bits per heavy atom. The number of anilines is 1. The molecular weight excluding hydrogens is 220 g/mol. The Morgan fingerprint density at radius 3 is 2.65 bits per heavy atom. The van der Waals surface area contributed by atoms with E-state index in [1.807, 2.05) is 31.2 Å². The lowest BCUT2D eigenvalue weighted by Crippen LogP contribution is -2.39. The molecule has 0 unspecified atom stereocenters. The van der Waals surface area contributed by atoms with E-state index in [1.54, 1.807) is 5.01 Å². The number of nitrogens with one attached hydrogen (secondary N) is 1. The predicted octanol–water partition coefficient (Wildman–Crippen LogP) is -0.183. The van der Waals surface area contributed by atoms with Gasteiger partial charge in [0, 0.05) is 0 Å². The van der Waals surface area contributed by atoms with Crippen molar-refractivity contribution in [3.05, 3.63) is 29.8 Å². The molecule has 3 N–H and O–H groups in total. The standard InChI is InChI=1S/C12H16N2O3/c1-9-3-2-4-10(5-9)14-6-12(7-15,8-16)11(17)13-14/h2-5,15-16H,6-8H2,1H3,(H,13,17). The van der Waals surface area contributed by atoms with Crippen molar-refractivity contribution in [3.8, 4) is 0 Å². The molecule has 1 aromatic rings. The Labute approximate surface area is 99.6 Å². The molecule has 0 bridgehead atoms. The van der Waals surface area contributed by atoms with Crippen LogP contribution in [0.25, 0.3) is 0 Å². The van der Waals surface area contributed by atoms with E-state index >= 15 is 0 Å². The molecule has 0 aliphatic carbocycles. The van der Waals surface area contributed by atoms with Gasteiger partial charge in [-0.3, -0.25) is 15.2 Å². The van der Waals surface area contributed by atoms with E-state index < -0.39 is 5.41 Å². The van der Waals surface area contributed by atoms with Crippen molar-refractivity contribution in [1.29, 1.82) is 0 Å². The highest BCUT2D eigenvalue weighted by atomic mass is 16.3. The lowest BCUT2D eigenvalue weighted by Gasteiger charge is -2.21. The molecule has 0 radical (unpaired) electrons. The monoisotopic (exact) mass is 236 g/mol. The second-order valence-electron chi connectivity index (χ2n) is 4.46. The fourth-order valence-corrected chi connectivity index (χ4v) is 1.90. The number of amides is 1. The van der Waals surface area contributed by atoms with Crippen molar-refractivity contribution in [2.75, 3.05) is 24.8 Å². The molecule has 1 fully saturated rings. The summed E-state index contributed by atoms with van der Waals surface area (Å²) in [6.07, 6.45) is 0. The number of carbonyl (C=O) groups excluding carboxylic acids is 1. The number of hydrazine groups is 1. The van der Waals surface area contributed by atoms with Gasteiger partial charge in [-0.25, -0.2) is 0 Å². The highest BCUT2D eigenvalue weighted by Crippen LogP contribution is 2.27. The zero-order chi connectivity index (χ0) is 12.5. The van der Waals surface area contributed by atoms with Gasteiger partial charge in [-0.15, -0.1) is 0 Å². The van der Waals surface area contributed by atoms with E-state index in [0.717, 1.165) is 11.3 Å². The first-order chi connectivity index (χ1) is 8.11. The normalized spacial score (nSPS) is 18.3. The molecule has 0 atom stereocenters. The number of hydrogen-bond acceptors (Lipinski definition) is 4. The summed E-state index contributed by atoms with van der Waals surface area (Å²) < 4.78 is 0.